The van der Waals surface area contributed by atoms with Gasteiger partial charge in [-0.25, -0.2) is 0 Å². The van der Waals surface area contributed by atoms with Crippen LogP contribution in [0.3, 0.4) is 0 Å². The first-order valence-corrected chi connectivity index (χ1v) is 6.89. The predicted molar refractivity (Wildman–Crippen MR) is 95.0 cm³/mol. The number of alkyl halides is 3. The minimum atomic E-state index is -4.25. The van der Waals surface area contributed by atoms with Crippen molar-refractivity contribution in [3.05, 3.63) is 18.2 Å². The maximum Gasteiger partial charge on any atom is 0.390 e. The molecule has 0 spiro atoms. The summed E-state index contributed by atoms with van der Waals surface area (Å²) >= 11 is 0. The van der Waals surface area contributed by atoms with Gasteiger partial charge in [0.1, 0.15) is 11.5 Å². The summed E-state index contributed by atoms with van der Waals surface area (Å²) in [5, 5.41) is 2.74. The van der Waals surface area contributed by atoms with Gasteiger partial charge in [-0.15, -0.1) is 24.0 Å². The topological polar surface area (TPSA) is 68.9 Å². The molecule has 0 saturated heterocycles. The van der Waals surface area contributed by atoms with E-state index in [1.54, 1.807) is 18.2 Å². The Morgan fingerprint density at radius 3 is 2.43 bits per heavy atom. The molecule has 0 heterocycles. The van der Waals surface area contributed by atoms with Crippen molar-refractivity contribution < 1.29 is 22.6 Å². The highest BCUT2D eigenvalue weighted by atomic mass is 127. The van der Waals surface area contributed by atoms with Gasteiger partial charge in [0.25, 0.3) is 0 Å². The second-order valence-corrected chi connectivity index (χ2v) is 4.28. The third-order valence-electron chi connectivity index (χ3n) is 2.50. The maximum atomic E-state index is 12.1. The van der Waals surface area contributed by atoms with E-state index >= 15 is 0 Å². The molecule has 0 saturated carbocycles. The fourth-order valence-electron chi connectivity index (χ4n) is 1.63. The molecule has 23 heavy (non-hydrogen) atoms. The number of ether oxygens (including phenoxy) is 2. The van der Waals surface area contributed by atoms with Gasteiger partial charge in [0.2, 0.25) is 0 Å². The Morgan fingerprint density at radius 1 is 1.22 bits per heavy atom. The van der Waals surface area contributed by atoms with Gasteiger partial charge >= 0.3 is 6.18 Å². The number of nitrogens with one attached hydrogen (secondary N) is 1. The number of hydrogen-bond acceptors (Lipinski definition) is 3. The van der Waals surface area contributed by atoms with Gasteiger partial charge in [-0.3, -0.25) is 4.99 Å². The number of hydrogen-bond donors (Lipinski definition) is 2. The summed E-state index contributed by atoms with van der Waals surface area (Å²) < 4.78 is 47.0. The molecule has 0 bridgehead atoms. The smallest absolute Gasteiger partial charge is 0.390 e. The standard InChI is InChI=1S/C14H20F3N3O2.HI/c1-3-21-10-5-6-12(22-4-2)11(9-10)20-13(18)19-8-7-14(15,16)17;/h5-6,9H,3-4,7-8H2,1-2H3,(H3,18,19,20);1H. The van der Waals surface area contributed by atoms with Crippen LogP contribution in [0.25, 0.3) is 0 Å². The molecule has 0 amide bonds. The number of halogens is 4. The zero-order chi connectivity index (χ0) is 16.6. The average molecular weight is 447 g/mol. The SMILES string of the molecule is CCOc1ccc(OCC)c(NC(N)=NCCC(F)(F)F)c1.I. The van der Waals surface area contributed by atoms with E-state index in [0.29, 0.717) is 30.4 Å². The number of anilines is 1. The molecule has 0 aliphatic rings. The van der Waals surface area contributed by atoms with Crippen molar-refractivity contribution in [3.8, 4) is 11.5 Å². The van der Waals surface area contributed by atoms with E-state index in [1.165, 1.54) is 0 Å². The highest BCUT2D eigenvalue weighted by molar-refractivity contribution is 14.0. The van der Waals surface area contributed by atoms with E-state index in [1.807, 2.05) is 13.8 Å². The fraction of sp³-hybridized carbons (Fsp3) is 0.500. The summed E-state index contributed by atoms with van der Waals surface area (Å²) in [5.41, 5.74) is 6.09. The molecule has 0 aliphatic heterocycles. The Bertz CT molecular complexity index is 511. The van der Waals surface area contributed by atoms with Gasteiger partial charge in [0, 0.05) is 6.07 Å². The van der Waals surface area contributed by atoms with Crippen LogP contribution in [0.15, 0.2) is 23.2 Å². The second kappa shape index (κ2) is 10.4. The molecule has 1 aromatic carbocycles. The summed E-state index contributed by atoms with van der Waals surface area (Å²) in [6.07, 6.45) is -5.28. The van der Waals surface area contributed by atoms with Crippen LogP contribution in [0.2, 0.25) is 0 Å². The van der Waals surface area contributed by atoms with Crippen LogP contribution in [-0.4, -0.2) is 31.9 Å². The van der Waals surface area contributed by atoms with Crippen LogP contribution in [0.4, 0.5) is 18.9 Å². The Hall–Kier alpha value is -1.39. The number of nitrogens with zero attached hydrogens (tertiary/aromatic N) is 1. The number of aliphatic imine (C=N–C) groups is 1. The Morgan fingerprint density at radius 2 is 1.87 bits per heavy atom. The maximum absolute atomic E-state index is 12.1. The zero-order valence-corrected chi connectivity index (χ0v) is 15.3. The minimum Gasteiger partial charge on any atom is -0.494 e. The van der Waals surface area contributed by atoms with Crippen LogP contribution >= 0.6 is 24.0 Å². The second-order valence-electron chi connectivity index (χ2n) is 4.28. The van der Waals surface area contributed by atoms with E-state index in [4.69, 9.17) is 15.2 Å². The normalized spacial score (nSPS) is 11.6. The molecule has 0 fully saturated rings. The average Bonchev–Trinajstić information content (AvgIpc) is 2.40. The lowest BCUT2D eigenvalue weighted by Crippen LogP contribution is -2.24. The Balaban J connectivity index is 0.00000484. The number of benzene rings is 1. The Labute approximate surface area is 150 Å². The lowest BCUT2D eigenvalue weighted by atomic mass is 10.2. The highest BCUT2D eigenvalue weighted by Crippen LogP contribution is 2.29. The Kier molecular flexibility index (Phi) is 9.77. The lowest BCUT2D eigenvalue weighted by Gasteiger charge is -2.14. The fourth-order valence-corrected chi connectivity index (χ4v) is 1.63. The van der Waals surface area contributed by atoms with Crippen molar-refractivity contribution in [2.45, 2.75) is 26.4 Å². The van der Waals surface area contributed by atoms with Gasteiger partial charge in [-0.05, 0) is 26.0 Å². The van der Waals surface area contributed by atoms with Gasteiger partial charge in [0.15, 0.2) is 5.96 Å². The molecule has 132 valence electrons. The lowest BCUT2D eigenvalue weighted by molar-refractivity contribution is -0.132. The number of rotatable bonds is 7. The van der Waals surface area contributed by atoms with Gasteiger partial charge in [-0.1, -0.05) is 0 Å². The molecular formula is C14H21F3IN3O2. The van der Waals surface area contributed by atoms with E-state index in [2.05, 4.69) is 10.3 Å². The summed E-state index contributed by atoms with van der Waals surface area (Å²) in [7, 11) is 0. The summed E-state index contributed by atoms with van der Waals surface area (Å²) in [4.78, 5) is 3.65. The highest BCUT2D eigenvalue weighted by Gasteiger charge is 2.26. The summed E-state index contributed by atoms with van der Waals surface area (Å²) in [5.74, 6) is 0.996. The first-order valence-electron chi connectivity index (χ1n) is 6.89. The van der Waals surface area contributed by atoms with Crippen LogP contribution in [0.5, 0.6) is 11.5 Å². The summed E-state index contributed by atoms with van der Waals surface area (Å²) in [6, 6.07) is 5.08. The van der Waals surface area contributed by atoms with Crippen LogP contribution < -0.4 is 20.5 Å². The first kappa shape index (κ1) is 21.6. The van der Waals surface area contributed by atoms with Crippen molar-refractivity contribution in [2.24, 2.45) is 10.7 Å². The molecular weight excluding hydrogens is 426 g/mol. The van der Waals surface area contributed by atoms with E-state index in [0.717, 1.165) is 0 Å². The van der Waals surface area contributed by atoms with Crippen LogP contribution in [0.1, 0.15) is 20.3 Å². The van der Waals surface area contributed by atoms with Crippen molar-refractivity contribution in [2.75, 3.05) is 25.1 Å². The molecule has 0 aromatic heterocycles. The molecule has 1 aromatic rings. The predicted octanol–water partition coefficient (Wildman–Crippen LogP) is 3.78. The van der Waals surface area contributed by atoms with Gasteiger partial charge in [0.05, 0.1) is 31.9 Å². The summed E-state index contributed by atoms with van der Waals surface area (Å²) in [6.45, 7) is 4.16. The number of nitrogens with two attached hydrogens (primary N) is 1. The van der Waals surface area contributed by atoms with Gasteiger partial charge < -0.3 is 20.5 Å². The van der Waals surface area contributed by atoms with Crippen LogP contribution in [-0.2, 0) is 0 Å². The largest absolute Gasteiger partial charge is 0.494 e. The molecule has 1 rings (SSSR count). The first-order chi connectivity index (χ1) is 10.4. The zero-order valence-electron chi connectivity index (χ0n) is 12.9. The molecule has 3 N–H and O–H groups in total. The van der Waals surface area contributed by atoms with Crippen molar-refractivity contribution in [1.29, 1.82) is 0 Å². The molecule has 0 unspecified atom stereocenters. The molecule has 9 heteroatoms. The molecule has 5 nitrogen and oxygen atoms in total. The van der Waals surface area contributed by atoms with E-state index in [9.17, 15) is 13.2 Å². The van der Waals surface area contributed by atoms with Crippen LogP contribution in [0, 0.1) is 0 Å². The number of guanidine groups is 1. The van der Waals surface area contributed by atoms with Crippen molar-refractivity contribution in [1.82, 2.24) is 0 Å². The minimum absolute atomic E-state index is 0. The van der Waals surface area contributed by atoms with E-state index < -0.39 is 19.1 Å². The van der Waals surface area contributed by atoms with Crippen molar-refractivity contribution in [3.63, 3.8) is 0 Å². The monoisotopic (exact) mass is 447 g/mol. The van der Waals surface area contributed by atoms with Crippen molar-refractivity contribution >= 4 is 35.6 Å². The third kappa shape index (κ3) is 8.72. The molecule has 0 atom stereocenters. The quantitative estimate of drug-likeness (QED) is 0.379. The third-order valence-corrected chi connectivity index (χ3v) is 2.50. The van der Waals surface area contributed by atoms with E-state index in [-0.39, 0.29) is 29.9 Å². The molecule has 0 aliphatic carbocycles. The van der Waals surface area contributed by atoms with Gasteiger partial charge in [-0.2, -0.15) is 13.2 Å². The molecule has 0 radical (unpaired) electrons.